The van der Waals surface area contributed by atoms with Gasteiger partial charge in [-0.15, -0.1) is 24.8 Å². The third-order valence-electron chi connectivity index (χ3n) is 4.11. The van der Waals surface area contributed by atoms with E-state index in [2.05, 4.69) is 36.3 Å². The van der Waals surface area contributed by atoms with E-state index < -0.39 is 0 Å². The van der Waals surface area contributed by atoms with Crippen LogP contribution in [0.25, 0.3) is 0 Å². The molecule has 0 aliphatic rings. The lowest BCUT2D eigenvalue weighted by Crippen LogP contribution is -2.34. The van der Waals surface area contributed by atoms with Gasteiger partial charge in [-0.1, -0.05) is 44.2 Å². The molecule has 4 nitrogen and oxygen atoms in total. The van der Waals surface area contributed by atoms with Gasteiger partial charge < -0.3 is 11.1 Å². The van der Waals surface area contributed by atoms with Crippen molar-refractivity contribution in [2.45, 2.75) is 38.6 Å². The average Bonchev–Trinajstić information content (AvgIpc) is 2.59. The fourth-order valence-electron chi connectivity index (χ4n) is 2.39. The van der Waals surface area contributed by atoms with Crippen LogP contribution in [0, 0.1) is 0 Å². The Labute approximate surface area is 162 Å². The van der Waals surface area contributed by atoms with Crippen molar-refractivity contribution in [1.82, 2.24) is 10.3 Å². The van der Waals surface area contributed by atoms with Gasteiger partial charge in [0, 0.05) is 25.0 Å². The summed E-state index contributed by atoms with van der Waals surface area (Å²) in [6.45, 7) is 6.61. The van der Waals surface area contributed by atoms with Gasteiger partial charge >= 0.3 is 0 Å². The summed E-state index contributed by atoms with van der Waals surface area (Å²) in [5.41, 5.74) is 9.40. The molecule has 0 saturated carbocycles. The topological polar surface area (TPSA) is 68.0 Å². The van der Waals surface area contributed by atoms with Gasteiger partial charge in [0.1, 0.15) is 0 Å². The van der Waals surface area contributed by atoms with Crippen LogP contribution in [0.2, 0.25) is 0 Å². The Morgan fingerprint density at radius 3 is 2.16 bits per heavy atom. The van der Waals surface area contributed by atoms with Crippen molar-refractivity contribution in [3.05, 3.63) is 65.5 Å². The molecular formula is C19H27Cl2N3O. The number of aromatic nitrogens is 1. The molecular weight excluding hydrogens is 357 g/mol. The predicted molar refractivity (Wildman–Crippen MR) is 108 cm³/mol. The molecule has 6 heteroatoms. The second-order valence-corrected chi connectivity index (χ2v) is 6.18. The van der Waals surface area contributed by atoms with E-state index in [0.29, 0.717) is 12.5 Å². The molecule has 0 spiro atoms. The van der Waals surface area contributed by atoms with Crippen molar-refractivity contribution in [2.75, 3.05) is 6.54 Å². The number of carbonyl (C=O) groups is 1. The molecule has 0 aliphatic heterocycles. The molecule has 1 amide bonds. The van der Waals surface area contributed by atoms with Crippen molar-refractivity contribution in [3.8, 4) is 0 Å². The molecule has 0 saturated heterocycles. The minimum absolute atomic E-state index is 0. The largest absolute Gasteiger partial charge is 0.354 e. The third-order valence-corrected chi connectivity index (χ3v) is 4.11. The Balaban J connectivity index is 0.00000288. The van der Waals surface area contributed by atoms with Crippen LogP contribution in [0.5, 0.6) is 0 Å². The van der Waals surface area contributed by atoms with Crippen LogP contribution in [-0.2, 0) is 4.79 Å². The van der Waals surface area contributed by atoms with Crippen LogP contribution in [0.15, 0.2) is 48.8 Å². The Hall–Kier alpha value is -1.62. The van der Waals surface area contributed by atoms with Crippen LogP contribution in [0.4, 0.5) is 0 Å². The lowest BCUT2D eigenvalue weighted by molar-refractivity contribution is -0.122. The van der Waals surface area contributed by atoms with E-state index in [1.807, 2.05) is 31.2 Å². The lowest BCUT2D eigenvalue weighted by atomic mass is 9.99. The highest BCUT2D eigenvalue weighted by Crippen LogP contribution is 2.18. The summed E-state index contributed by atoms with van der Waals surface area (Å²) in [6, 6.07) is 11.8. The second kappa shape index (κ2) is 11.1. The summed E-state index contributed by atoms with van der Waals surface area (Å²) in [7, 11) is 0. The molecule has 1 heterocycles. The molecule has 2 atom stereocenters. The Morgan fingerprint density at radius 1 is 1.04 bits per heavy atom. The van der Waals surface area contributed by atoms with Gasteiger partial charge in [-0.05, 0) is 35.6 Å². The first-order valence-corrected chi connectivity index (χ1v) is 8.02. The molecule has 1 aromatic carbocycles. The molecule has 2 rings (SSSR count). The number of nitrogens with two attached hydrogens (primary N) is 1. The number of halogens is 2. The van der Waals surface area contributed by atoms with Crippen molar-refractivity contribution in [3.63, 3.8) is 0 Å². The number of amides is 1. The monoisotopic (exact) mass is 383 g/mol. The molecule has 2 aromatic rings. The Bertz CT molecular complexity index is 633. The normalized spacial score (nSPS) is 12.5. The number of hydrogen-bond donors (Lipinski definition) is 2. The Kier molecular flexibility index (Phi) is 10.4. The predicted octanol–water partition coefficient (Wildman–Crippen LogP) is 3.97. The maximum Gasteiger partial charge on any atom is 0.227 e. The first kappa shape index (κ1) is 23.4. The van der Waals surface area contributed by atoms with E-state index in [1.165, 1.54) is 5.56 Å². The first-order valence-electron chi connectivity index (χ1n) is 8.02. The van der Waals surface area contributed by atoms with Gasteiger partial charge in [-0.25, -0.2) is 0 Å². The van der Waals surface area contributed by atoms with Crippen LogP contribution < -0.4 is 11.1 Å². The van der Waals surface area contributed by atoms with Crippen LogP contribution >= 0.6 is 24.8 Å². The number of nitrogens with one attached hydrogen (secondary N) is 1. The highest BCUT2D eigenvalue weighted by atomic mass is 35.5. The molecule has 2 unspecified atom stereocenters. The number of benzene rings is 1. The van der Waals surface area contributed by atoms with E-state index in [-0.39, 0.29) is 42.7 Å². The van der Waals surface area contributed by atoms with Gasteiger partial charge in [0.05, 0.1) is 5.92 Å². The molecule has 25 heavy (non-hydrogen) atoms. The standard InChI is InChI=1S/C19H25N3O.2ClH/c1-13(2)15-6-8-16(9-7-15)18(20)12-22-19(23)14(3)17-5-4-10-21-11-17;;/h4-11,13-14,18H,12,20H2,1-3H3,(H,22,23);2*1H. The minimum atomic E-state index is -0.237. The average molecular weight is 384 g/mol. The fourth-order valence-corrected chi connectivity index (χ4v) is 2.39. The van der Waals surface area contributed by atoms with Crippen LogP contribution in [0.1, 0.15) is 55.3 Å². The van der Waals surface area contributed by atoms with Gasteiger partial charge in [-0.3, -0.25) is 9.78 Å². The number of carbonyl (C=O) groups excluding carboxylic acids is 1. The van der Waals surface area contributed by atoms with Crippen molar-refractivity contribution >= 4 is 30.7 Å². The number of pyridine rings is 1. The fraction of sp³-hybridized carbons (Fsp3) is 0.368. The summed E-state index contributed by atoms with van der Waals surface area (Å²) in [4.78, 5) is 16.3. The summed E-state index contributed by atoms with van der Waals surface area (Å²) in [6.07, 6.45) is 3.42. The summed E-state index contributed by atoms with van der Waals surface area (Å²) < 4.78 is 0. The number of rotatable bonds is 6. The molecule has 0 radical (unpaired) electrons. The van der Waals surface area contributed by atoms with Crippen molar-refractivity contribution in [2.24, 2.45) is 5.73 Å². The summed E-state index contributed by atoms with van der Waals surface area (Å²) in [5, 5.41) is 2.92. The molecule has 0 bridgehead atoms. The molecule has 0 fully saturated rings. The summed E-state index contributed by atoms with van der Waals surface area (Å²) in [5.74, 6) is 0.228. The quantitative estimate of drug-likeness (QED) is 0.792. The maximum atomic E-state index is 12.2. The zero-order valence-corrected chi connectivity index (χ0v) is 16.4. The molecule has 138 valence electrons. The van der Waals surface area contributed by atoms with E-state index in [4.69, 9.17) is 5.73 Å². The molecule has 0 aliphatic carbocycles. The second-order valence-electron chi connectivity index (χ2n) is 6.18. The molecule has 1 aromatic heterocycles. The first-order chi connectivity index (χ1) is 11.0. The van der Waals surface area contributed by atoms with E-state index >= 15 is 0 Å². The van der Waals surface area contributed by atoms with Crippen molar-refractivity contribution in [1.29, 1.82) is 0 Å². The van der Waals surface area contributed by atoms with Crippen LogP contribution in [-0.4, -0.2) is 17.4 Å². The van der Waals surface area contributed by atoms with E-state index in [0.717, 1.165) is 11.1 Å². The number of nitrogens with zero attached hydrogens (tertiary/aromatic N) is 1. The SMILES string of the molecule is CC(C)c1ccc(C(N)CNC(=O)C(C)c2cccnc2)cc1.Cl.Cl. The van der Waals surface area contributed by atoms with Gasteiger partial charge in [0.2, 0.25) is 5.91 Å². The van der Waals surface area contributed by atoms with Crippen LogP contribution in [0.3, 0.4) is 0 Å². The molecule has 3 N–H and O–H groups in total. The maximum absolute atomic E-state index is 12.2. The highest BCUT2D eigenvalue weighted by molar-refractivity contribution is 5.85. The number of hydrogen-bond acceptors (Lipinski definition) is 3. The van der Waals surface area contributed by atoms with Gasteiger partial charge in [0.15, 0.2) is 0 Å². The summed E-state index contributed by atoms with van der Waals surface area (Å²) >= 11 is 0. The van der Waals surface area contributed by atoms with Gasteiger partial charge in [0.25, 0.3) is 0 Å². The third kappa shape index (κ3) is 6.65. The van der Waals surface area contributed by atoms with E-state index in [9.17, 15) is 4.79 Å². The zero-order chi connectivity index (χ0) is 16.8. The zero-order valence-electron chi connectivity index (χ0n) is 14.8. The highest BCUT2D eigenvalue weighted by Gasteiger charge is 2.16. The minimum Gasteiger partial charge on any atom is -0.354 e. The van der Waals surface area contributed by atoms with E-state index in [1.54, 1.807) is 12.4 Å². The smallest absolute Gasteiger partial charge is 0.227 e. The van der Waals surface area contributed by atoms with Gasteiger partial charge in [-0.2, -0.15) is 0 Å². The van der Waals surface area contributed by atoms with Crippen molar-refractivity contribution < 1.29 is 4.79 Å². The lowest BCUT2D eigenvalue weighted by Gasteiger charge is -2.17. The Morgan fingerprint density at radius 2 is 1.64 bits per heavy atom.